The van der Waals surface area contributed by atoms with Crippen LogP contribution in [-0.2, 0) is 25.4 Å². The average Bonchev–Trinajstić information content (AvgIpc) is 3.14. The van der Waals surface area contributed by atoms with Crippen LogP contribution in [0.1, 0.15) is 44.6 Å². The fourth-order valence-corrected chi connectivity index (χ4v) is 4.24. The second kappa shape index (κ2) is 11.7. The Kier molecular flexibility index (Phi) is 8.71. The van der Waals surface area contributed by atoms with Gasteiger partial charge in [-0.1, -0.05) is 42.5 Å². The number of allylic oxidation sites excluding steroid dienone is 2. The number of carbonyl (C=O) groups excluding carboxylic acids is 2. The van der Waals surface area contributed by atoms with Crippen molar-refractivity contribution < 1.29 is 28.9 Å². The van der Waals surface area contributed by atoms with Gasteiger partial charge in [-0.05, 0) is 62.5 Å². The maximum Gasteiger partial charge on any atom is 0.508 e. The largest absolute Gasteiger partial charge is 0.508 e. The minimum absolute atomic E-state index is 0.0657. The van der Waals surface area contributed by atoms with Crippen LogP contribution in [0.15, 0.2) is 54.6 Å². The van der Waals surface area contributed by atoms with Gasteiger partial charge >= 0.3 is 12.1 Å². The number of benzene rings is 1. The van der Waals surface area contributed by atoms with Crippen molar-refractivity contribution in [3.8, 4) is 0 Å². The van der Waals surface area contributed by atoms with E-state index in [9.17, 15) is 14.7 Å². The molecule has 1 fully saturated rings. The smallest absolute Gasteiger partial charge is 0.460 e. The van der Waals surface area contributed by atoms with Crippen molar-refractivity contribution in [1.82, 2.24) is 0 Å². The summed E-state index contributed by atoms with van der Waals surface area (Å²) in [5.41, 5.74) is 1.09. The van der Waals surface area contributed by atoms with E-state index in [1.165, 1.54) is 12.2 Å². The molecule has 5 atom stereocenters. The van der Waals surface area contributed by atoms with Crippen LogP contribution in [-0.4, -0.2) is 42.1 Å². The zero-order valence-electron chi connectivity index (χ0n) is 18.0. The summed E-state index contributed by atoms with van der Waals surface area (Å²) in [5.74, 6) is -0.514. The van der Waals surface area contributed by atoms with E-state index >= 15 is 0 Å². The van der Waals surface area contributed by atoms with Crippen molar-refractivity contribution in [2.24, 2.45) is 11.8 Å². The Morgan fingerprint density at radius 1 is 1.19 bits per heavy atom. The lowest BCUT2D eigenvalue weighted by atomic mass is 9.90. The number of cyclic esters (lactones) is 1. The molecule has 1 aromatic rings. The van der Waals surface area contributed by atoms with Crippen LogP contribution in [0.5, 0.6) is 0 Å². The van der Waals surface area contributed by atoms with E-state index in [1.807, 2.05) is 37.3 Å². The number of hydrogen-bond acceptors (Lipinski definition) is 6. The van der Waals surface area contributed by atoms with Gasteiger partial charge in [-0.15, -0.1) is 0 Å². The van der Waals surface area contributed by atoms with Gasteiger partial charge in [-0.25, -0.2) is 9.59 Å². The summed E-state index contributed by atoms with van der Waals surface area (Å²) in [6.45, 7) is 2.13. The second-order valence-electron chi connectivity index (χ2n) is 8.33. The van der Waals surface area contributed by atoms with Crippen molar-refractivity contribution >= 4 is 12.1 Å². The molecule has 0 spiro atoms. The van der Waals surface area contributed by atoms with Gasteiger partial charge in [0.15, 0.2) is 0 Å². The fourth-order valence-electron chi connectivity index (χ4n) is 4.24. The van der Waals surface area contributed by atoms with E-state index in [-0.39, 0.29) is 30.7 Å². The van der Waals surface area contributed by atoms with Crippen LogP contribution in [0.2, 0.25) is 0 Å². The van der Waals surface area contributed by atoms with Gasteiger partial charge in [-0.2, -0.15) is 0 Å². The van der Waals surface area contributed by atoms with Gasteiger partial charge in [0.2, 0.25) is 0 Å². The molecule has 1 aliphatic heterocycles. The molecule has 0 unspecified atom stereocenters. The molecule has 0 aromatic heterocycles. The second-order valence-corrected chi connectivity index (χ2v) is 8.33. The van der Waals surface area contributed by atoms with Crippen molar-refractivity contribution in [1.29, 1.82) is 0 Å². The van der Waals surface area contributed by atoms with Gasteiger partial charge in [0.05, 0.1) is 18.8 Å². The van der Waals surface area contributed by atoms with E-state index in [4.69, 9.17) is 14.2 Å². The number of carbonyl (C=O) groups is 2. The number of aliphatic hydroxyl groups is 1. The molecule has 0 bridgehead atoms. The highest BCUT2D eigenvalue weighted by Crippen LogP contribution is 2.38. The first-order valence-corrected chi connectivity index (χ1v) is 11.1. The number of esters is 1. The standard InChI is InChI=1S/C25H32O6/c1-18-8-4-2-7-11-20-16-21(17-22(20)23(26)12-13-24(27)30-18)31-25(28)29-15-14-19-9-5-3-6-10-19/h3,5-7,9-13,18,20-23,26H,2,4,8,14-17H2,1H3/b11-7+,13-12+/t18-,20+,21-,22+,23+/m0/s1. The summed E-state index contributed by atoms with van der Waals surface area (Å²) in [4.78, 5) is 24.0. The molecule has 1 aromatic carbocycles. The topological polar surface area (TPSA) is 82.1 Å². The minimum Gasteiger partial charge on any atom is -0.460 e. The number of hydrogen-bond donors (Lipinski definition) is 1. The van der Waals surface area contributed by atoms with Gasteiger partial charge in [-0.3, -0.25) is 0 Å². The Morgan fingerprint density at radius 2 is 2.00 bits per heavy atom. The summed E-state index contributed by atoms with van der Waals surface area (Å²) in [7, 11) is 0. The lowest BCUT2D eigenvalue weighted by Crippen LogP contribution is -2.22. The first-order chi connectivity index (χ1) is 15.0. The van der Waals surface area contributed by atoms with E-state index < -0.39 is 18.2 Å². The molecule has 1 N–H and O–H groups in total. The summed E-state index contributed by atoms with van der Waals surface area (Å²) >= 11 is 0. The molecule has 168 valence electrons. The van der Waals surface area contributed by atoms with Gasteiger partial charge in [0.1, 0.15) is 6.10 Å². The van der Waals surface area contributed by atoms with Crippen LogP contribution < -0.4 is 0 Å². The van der Waals surface area contributed by atoms with Crippen molar-refractivity contribution in [2.45, 2.75) is 63.8 Å². The van der Waals surface area contributed by atoms with Crippen LogP contribution in [0.3, 0.4) is 0 Å². The Bertz CT molecular complexity index is 771. The third-order valence-corrected chi connectivity index (χ3v) is 5.89. The average molecular weight is 429 g/mol. The molecule has 0 saturated heterocycles. The van der Waals surface area contributed by atoms with Crippen LogP contribution in [0.4, 0.5) is 4.79 Å². The zero-order chi connectivity index (χ0) is 22.1. The Balaban J connectivity index is 1.54. The molecule has 0 amide bonds. The van der Waals surface area contributed by atoms with E-state index in [2.05, 4.69) is 12.2 Å². The van der Waals surface area contributed by atoms with Crippen molar-refractivity contribution in [3.63, 3.8) is 0 Å². The minimum atomic E-state index is -0.819. The molecule has 1 aliphatic carbocycles. The Hall–Kier alpha value is -2.60. The lowest BCUT2D eigenvalue weighted by Gasteiger charge is -2.19. The predicted molar refractivity (Wildman–Crippen MR) is 116 cm³/mol. The zero-order valence-corrected chi connectivity index (χ0v) is 18.0. The highest BCUT2D eigenvalue weighted by atomic mass is 16.7. The molecule has 1 saturated carbocycles. The monoisotopic (exact) mass is 428 g/mol. The van der Waals surface area contributed by atoms with Crippen molar-refractivity contribution in [3.05, 3.63) is 60.2 Å². The summed E-state index contributed by atoms with van der Waals surface area (Å²) in [6.07, 6.45) is 9.39. The van der Waals surface area contributed by atoms with E-state index in [0.717, 1.165) is 24.8 Å². The highest BCUT2D eigenvalue weighted by molar-refractivity contribution is 5.82. The van der Waals surface area contributed by atoms with Crippen LogP contribution in [0, 0.1) is 11.8 Å². The molecule has 31 heavy (non-hydrogen) atoms. The Labute approximate surface area is 183 Å². The van der Waals surface area contributed by atoms with Gasteiger partial charge in [0, 0.05) is 12.5 Å². The number of ether oxygens (including phenoxy) is 3. The summed E-state index contributed by atoms with van der Waals surface area (Å²) in [5, 5.41) is 10.6. The quantitative estimate of drug-likeness (QED) is 0.567. The van der Waals surface area contributed by atoms with Gasteiger partial charge in [0.25, 0.3) is 0 Å². The molecular weight excluding hydrogens is 396 g/mol. The SMILES string of the molecule is C[C@H]1CCC/C=C/[C@@H]2C[C@H](OC(=O)OCCc3ccccc3)C[C@H]2[C@H](O)/C=C/C(=O)O1. The van der Waals surface area contributed by atoms with Crippen LogP contribution >= 0.6 is 0 Å². The maximum atomic E-state index is 12.1. The number of aliphatic hydroxyl groups excluding tert-OH is 1. The molecular formula is C25H32O6. The normalized spacial score (nSPS) is 31.2. The predicted octanol–water partition coefficient (Wildman–Crippen LogP) is 4.37. The molecule has 3 rings (SSSR count). The van der Waals surface area contributed by atoms with Crippen molar-refractivity contribution in [2.75, 3.05) is 6.61 Å². The lowest BCUT2D eigenvalue weighted by molar-refractivity contribution is -0.142. The first kappa shape index (κ1) is 23.1. The summed E-state index contributed by atoms with van der Waals surface area (Å²) < 4.78 is 16.1. The number of rotatable bonds is 4. The number of fused-ring (bicyclic) bond motifs is 1. The van der Waals surface area contributed by atoms with E-state index in [0.29, 0.717) is 19.3 Å². The Morgan fingerprint density at radius 3 is 2.81 bits per heavy atom. The third kappa shape index (κ3) is 7.55. The molecule has 1 heterocycles. The molecule has 2 aliphatic rings. The van der Waals surface area contributed by atoms with Crippen LogP contribution in [0.25, 0.3) is 0 Å². The van der Waals surface area contributed by atoms with E-state index in [1.54, 1.807) is 0 Å². The fraction of sp³-hybridized carbons (Fsp3) is 0.520. The molecule has 6 nitrogen and oxygen atoms in total. The third-order valence-electron chi connectivity index (χ3n) is 5.89. The summed E-state index contributed by atoms with van der Waals surface area (Å²) in [6, 6.07) is 9.81. The maximum absolute atomic E-state index is 12.1. The first-order valence-electron chi connectivity index (χ1n) is 11.1. The van der Waals surface area contributed by atoms with Gasteiger partial charge < -0.3 is 19.3 Å². The highest BCUT2D eigenvalue weighted by Gasteiger charge is 2.38. The molecule has 6 heteroatoms. The molecule has 0 radical (unpaired) electrons.